The van der Waals surface area contributed by atoms with Gasteiger partial charge in [0.15, 0.2) is 0 Å². The van der Waals surface area contributed by atoms with Crippen molar-refractivity contribution in [2.75, 3.05) is 6.61 Å². The molecule has 4 aliphatic rings. The van der Waals surface area contributed by atoms with Gasteiger partial charge in [0.25, 0.3) is 0 Å². The second-order valence-electron chi connectivity index (χ2n) is 11.5. The third-order valence-electron chi connectivity index (χ3n) is 10.1. The zero-order chi connectivity index (χ0) is 26.1. The van der Waals surface area contributed by atoms with Crippen molar-refractivity contribution < 1.29 is 9.84 Å². The summed E-state index contributed by atoms with van der Waals surface area (Å²) in [5, 5.41) is 10.2. The van der Waals surface area contributed by atoms with Crippen molar-refractivity contribution in [2.24, 2.45) is 34.5 Å². The first-order valence-electron chi connectivity index (χ1n) is 15.2. The summed E-state index contributed by atoms with van der Waals surface area (Å²) in [5.41, 5.74) is 2.53. The van der Waals surface area contributed by atoms with Crippen molar-refractivity contribution in [1.82, 2.24) is 0 Å². The average molecular weight is 487 g/mol. The van der Waals surface area contributed by atoms with E-state index in [1.54, 1.807) is 5.57 Å². The third-order valence-corrected chi connectivity index (χ3v) is 10.1. The Morgan fingerprint density at radius 1 is 1.00 bits per heavy atom. The zero-order valence-electron chi connectivity index (χ0n) is 24.5. The van der Waals surface area contributed by atoms with E-state index in [2.05, 4.69) is 32.1 Å². The van der Waals surface area contributed by atoms with Gasteiger partial charge in [-0.15, -0.1) is 0 Å². The van der Waals surface area contributed by atoms with Crippen LogP contribution in [0, 0.1) is 34.5 Å². The summed E-state index contributed by atoms with van der Waals surface area (Å²) in [5.74, 6) is 4.56. The van der Waals surface area contributed by atoms with Gasteiger partial charge in [0.05, 0.1) is 12.7 Å². The largest absolute Gasteiger partial charge is 0.494 e. The average Bonchev–Trinajstić information content (AvgIpc) is 3.22. The molecule has 0 spiro atoms. The van der Waals surface area contributed by atoms with E-state index >= 15 is 0 Å². The van der Waals surface area contributed by atoms with Gasteiger partial charge in [0, 0.05) is 0 Å². The molecule has 1 N–H and O–H groups in total. The van der Waals surface area contributed by atoms with Crippen LogP contribution in [-0.2, 0) is 4.74 Å². The number of aliphatic hydroxyl groups is 1. The van der Waals surface area contributed by atoms with E-state index in [0.29, 0.717) is 10.8 Å². The SMILES string of the molecule is C/C=C\C(=C/C)OCCCCC1CCC2C3CC=C4CC(O)CCC4(C)C3CCC12C.CC.CC. The maximum absolute atomic E-state index is 10.2. The molecule has 2 heteroatoms. The maximum Gasteiger partial charge on any atom is 0.114 e. The van der Waals surface area contributed by atoms with Crippen LogP contribution in [0.25, 0.3) is 0 Å². The Morgan fingerprint density at radius 2 is 1.74 bits per heavy atom. The third kappa shape index (κ3) is 6.46. The number of unbranched alkanes of at least 4 members (excludes halogenated alkanes) is 1. The highest BCUT2D eigenvalue weighted by atomic mass is 16.5. The minimum Gasteiger partial charge on any atom is -0.494 e. The molecule has 3 fully saturated rings. The summed E-state index contributed by atoms with van der Waals surface area (Å²) in [4.78, 5) is 0. The zero-order valence-corrected chi connectivity index (χ0v) is 24.5. The molecule has 4 rings (SSSR count). The molecule has 35 heavy (non-hydrogen) atoms. The smallest absolute Gasteiger partial charge is 0.114 e. The number of allylic oxidation sites excluding steroid dienone is 4. The normalized spacial score (nSPS) is 38.1. The molecular formula is C33H58O2. The summed E-state index contributed by atoms with van der Waals surface area (Å²) < 4.78 is 5.92. The van der Waals surface area contributed by atoms with E-state index in [4.69, 9.17) is 4.74 Å². The lowest BCUT2D eigenvalue weighted by Gasteiger charge is -2.58. The van der Waals surface area contributed by atoms with E-state index in [-0.39, 0.29) is 6.10 Å². The van der Waals surface area contributed by atoms with Crippen molar-refractivity contribution in [1.29, 1.82) is 0 Å². The predicted molar refractivity (Wildman–Crippen MR) is 152 cm³/mol. The minimum absolute atomic E-state index is 0.0912. The minimum atomic E-state index is -0.0912. The van der Waals surface area contributed by atoms with Gasteiger partial charge >= 0.3 is 0 Å². The van der Waals surface area contributed by atoms with Crippen molar-refractivity contribution in [3.05, 3.63) is 35.6 Å². The molecule has 0 aromatic carbocycles. The molecule has 3 saturated carbocycles. The first-order chi connectivity index (χ1) is 16.9. The van der Waals surface area contributed by atoms with Crippen LogP contribution >= 0.6 is 0 Å². The van der Waals surface area contributed by atoms with Gasteiger partial charge in [0.1, 0.15) is 5.76 Å². The molecule has 7 unspecified atom stereocenters. The summed E-state index contributed by atoms with van der Waals surface area (Å²) in [6, 6.07) is 0. The van der Waals surface area contributed by atoms with Crippen molar-refractivity contribution in [3.63, 3.8) is 0 Å². The Hall–Kier alpha value is -1.02. The van der Waals surface area contributed by atoms with Crippen LogP contribution in [0.15, 0.2) is 35.6 Å². The number of fused-ring (bicyclic) bond motifs is 5. The Balaban J connectivity index is 0.00000103. The quantitative estimate of drug-likeness (QED) is 0.168. The fourth-order valence-corrected chi connectivity index (χ4v) is 8.30. The highest BCUT2D eigenvalue weighted by molar-refractivity contribution is 5.25. The van der Waals surface area contributed by atoms with Gasteiger partial charge in [-0.3, -0.25) is 0 Å². The first kappa shape index (κ1) is 30.2. The molecule has 0 heterocycles. The first-order valence-corrected chi connectivity index (χ1v) is 15.2. The summed E-state index contributed by atoms with van der Waals surface area (Å²) in [7, 11) is 0. The molecule has 0 saturated heterocycles. The highest BCUT2D eigenvalue weighted by Crippen LogP contribution is 2.66. The molecule has 7 atom stereocenters. The van der Waals surface area contributed by atoms with Crippen molar-refractivity contribution in [3.8, 4) is 0 Å². The van der Waals surface area contributed by atoms with Gasteiger partial charge in [-0.25, -0.2) is 0 Å². The fraction of sp³-hybridized carbons (Fsp3) is 0.818. The van der Waals surface area contributed by atoms with Gasteiger partial charge in [0.2, 0.25) is 0 Å². The van der Waals surface area contributed by atoms with E-state index in [1.165, 1.54) is 57.8 Å². The Kier molecular flexibility index (Phi) is 12.1. The van der Waals surface area contributed by atoms with Crippen LogP contribution in [0.1, 0.15) is 126 Å². The van der Waals surface area contributed by atoms with Gasteiger partial charge in [-0.2, -0.15) is 0 Å². The van der Waals surface area contributed by atoms with E-state index in [9.17, 15) is 5.11 Å². The Labute approximate surface area is 218 Å². The lowest BCUT2D eigenvalue weighted by atomic mass is 9.47. The van der Waals surface area contributed by atoms with Crippen molar-refractivity contribution >= 4 is 0 Å². The van der Waals surface area contributed by atoms with Crippen LogP contribution in [0.4, 0.5) is 0 Å². The number of aliphatic hydroxyl groups excluding tert-OH is 1. The molecule has 0 aliphatic heterocycles. The van der Waals surface area contributed by atoms with Crippen LogP contribution in [0.2, 0.25) is 0 Å². The molecule has 4 aliphatic carbocycles. The highest BCUT2D eigenvalue weighted by Gasteiger charge is 2.58. The van der Waals surface area contributed by atoms with Crippen molar-refractivity contribution in [2.45, 2.75) is 132 Å². The van der Waals surface area contributed by atoms with E-state index in [0.717, 1.165) is 48.9 Å². The summed E-state index contributed by atoms with van der Waals surface area (Å²) in [6.45, 7) is 18.1. The molecule has 0 aromatic heterocycles. The number of hydrogen-bond acceptors (Lipinski definition) is 2. The molecule has 0 radical (unpaired) electrons. The molecule has 0 bridgehead atoms. The van der Waals surface area contributed by atoms with Crippen LogP contribution in [0.3, 0.4) is 0 Å². The van der Waals surface area contributed by atoms with E-state index < -0.39 is 0 Å². The fourth-order valence-electron chi connectivity index (χ4n) is 8.30. The Bertz CT molecular complexity index is 719. The van der Waals surface area contributed by atoms with Crippen LogP contribution < -0.4 is 0 Å². The van der Waals surface area contributed by atoms with Gasteiger partial charge in [-0.1, -0.05) is 59.3 Å². The number of hydrogen-bond donors (Lipinski definition) is 1. The van der Waals surface area contributed by atoms with E-state index in [1.807, 2.05) is 47.6 Å². The lowest BCUT2D eigenvalue weighted by Crippen LogP contribution is -2.50. The monoisotopic (exact) mass is 486 g/mol. The standard InChI is InChI=1S/C29H46O2.2C2H6/c1-5-9-24(6-2)31-19-8-7-10-21-12-14-26-25-13-11-22-20-23(30)15-17-29(22,4)27(25)16-18-28(21,26)3;2*1-2/h5-6,9,11,21,23,25-27,30H,7-8,10,12-20H2,1-4H3;2*1-2H3/b9-5-,24-6+;;. The second-order valence-corrected chi connectivity index (χ2v) is 11.5. The molecule has 0 aromatic rings. The topological polar surface area (TPSA) is 29.5 Å². The van der Waals surface area contributed by atoms with Crippen LogP contribution in [-0.4, -0.2) is 17.8 Å². The molecular weight excluding hydrogens is 428 g/mol. The summed E-state index contributed by atoms with van der Waals surface area (Å²) >= 11 is 0. The predicted octanol–water partition coefficient (Wildman–Crippen LogP) is 9.65. The van der Waals surface area contributed by atoms with Gasteiger partial charge < -0.3 is 9.84 Å². The molecule has 2 nitrogen and oxygen atoms in total. The lowest BCUT2D eigenvalue weighted by molar-refractivity contribution is -0.0509. The van der Waals surface area contributed by atoms with Gasteiger partial charge in [-0.05, 0) is 131 Å². The number of ether oxygens (including phenoxy) is 1. The Morgan fingerprint density at radius 3 is 2.43 bits per heavy atom. The maximum atomic E-state index is 10.2. The molecule has 0 amide bonds. The van der Waals surface area contributed by atoms with Crippen LogP contribution in [0.5, 0.6) is 0 Å². The summed E-state index contributed by atoms with van der Waals surface area (Å²) in [6.07, 6.45) is 22.6. The number of rotatable bonds is 7. The molecule has 202 valence electrons. The second kappa shape index (κ2) is 14.1.